The maximum absolute atomic E-state index is 12.0. The molecule has 5 heteroatoms. The van der Waals surface area contributed by atoms with E-state index in [0.29, 0.717) is 13.0 Å². The van der Waals surface area contributed by atoms with Gasteiger partial charge in [-0.05, 0) is 18.1 Å². The minimum atomic E-state index is -0.705. The van der Waals surface area contributed by atoms with Gasteiger partial charge in [-0.2, -0.15) is 0 Å². The van der Waals surface area contributed by atoms with Gasteiger partial charge in [0, 0.05) is 26.0 Å². The van der Waals surface area contributed by atoms with E-state index in [0.717, 1.165) is 5.56 Å². The van der Waals surface area contributed by atoms with Gasteiger partial charge in [0.2, 0.25) is 5.91 Å². The van der Waals surface area contributed by atoms with Crippen molar-refractivity contribution in [2.45, 2.75) is 19.9 Å². The topological polar surface area (TPSA) is 62.4 Å². The predicted octanol–water partition coefficient (Wildman–Crippen LogP) is 1.17. The summed E-state index contributed by atoms with van der Waals surface area (Å²) in [6.45, 7) is 2.28. The van der Waals surface area contributed by atoms with Crippen LogP contribution in [-0.2, 0) is 20.9 Å². The first kappa shape index (κ1) is 13.3. The number of carbonyl (C=O) groups excluding carboxylic acids is 2. The second kappa shape index (κ2) is 6.08. The highest BCUT2D eigenvalue weighted by Crippen LogP contribution is 2.11. The first-order chi connectivity index (χ1) is 8.10. The van der Waals surface area contributed by atoms with Crippen LogP contribution in [0.5, 0.6) is 0 Å². The van der Waals surface area contributed by atoms with Crippen LogP contribution < -0.4 is 0 Å². The zero-order chi connectivity index (χ0) is 12.8. The van der Waals surface area contributed by atoms with Crippen molar-refractivity contribution in [1.82, 2.24) is 9.88 Å². The first-order valence-electron chi connectivity index (χ1n) is 5.54. The first-order valence-corrected chi connectivity index (χ1v) is 5.54. The fourth-order valence-electron chi connectivity index (χ4n) is 1.66. The van der Waals surface area contributed by atoms with E-state index >= 15 is 0 Å². The van der Waals surface area contributed by atoms with Crippen molar-refractivity contribution in [2.24, 2.45) is 5.92 Å². The van der Waals surface area contributed by atoms with Crippen LogP contribution in [0.2, 0.25) is 0 Å². The molecule has 17 heavy (non-hydrogen) atoms. The summed E-state index contributed by atoms with van der Waals surface area (Å²) < 4.78 is 4.62. The average Bonchev–Trinajstić information content (AvgIpc) is 2.82. The van der Waals surface area contributed by atoms with Gasteiger partial charge in [-0.3, -0.25) is 9.59 Å². The molecule has 0 bridgehead atoms. The lowest BCUT2D eigenvalue weighted by molar-refractivity contribution is -0.153. The summed E-state index contributed by atoms with van der Waals surface area (Å²) in [7, 11) is 2.98. The molecule has 5 nitrogen and oxygen atoms in total. The molecule has 1 N–H and O–H groups in total. The number of aromatic nitrogens is 1. The zero-order valence-electron chi connectivity index (χ0n) is 10.4. The second-order valence-corrected chi connectivity index (χ2v) is 3.90. The van der Waals surface area contributed by atoms with Gasteiger partial charge in [-0.25, -0.2) is 0 Å². The molecule has 1 heterocycles. The molecule has 1 rings (SSSR count). The van der Waals surface area contributed by atoms with Crippen LogP contribution >= 0.6 is 0 Å². The zero-order valence-corrected chi connectivity index (χ0v) is 10.4. The Labute approximate surface area is 101 Å². The number of nitrogens with one attached hydrogen (secondary N) is 1. The molecule has 1 aromatic heterocycles. The largest absolute Gasteiger partial charge is 0.468 e. The third kappa shape index (κ3) is 3.34. The third-order valence-corrected chi connectivity index (χ3v) is 2.65. The standard InChI is InChI=1S/C12H18N2O3/c1-4-10(12(16)17-3)11(15)14(2)8-9-5-6-13-7-9/h5-7,10,13H,4,8H2,1-3H3. The number of rotatable bonds is 5. The quantitative estimate of drug-likeness (QED) is 0.618. The third-order valence-electron chi connectivity index (χ3n) is 2.65. The van der Waals surface area contributed by atoms with Gasteiger partial charge < -0.3 is 14.6 Å². The summed E-state index contributed by atoms with van der Waals surface area (Å²) in [5.74, 6) is -1.39. The van der Waals surface area contributed by atoms with Crippen molar-refractivity contribution in [3.63, 3.8) is 0 Å². The summed E-state index contributed by atoms with van der Waals surface area (Å²) >= 11 is 0. The number of hydrogen-bond acceptors (Lipinski definition) is 3. The van der Waals surface area contributed by atoms with E-state index in [1.165, 1.54) is 12.0 Å². The lowest BCUT2D eigenvalue weighted by atomic mass is 10.1. The number of nitrogens with zero attached hydrogens (tertiary/aromatic N) is 1. The number of aromatic amines is 1. The highest BCUT2D eigenvalue weighted by atomic mass is 16.5. The highest BCUT2D eigenvalue weighted by molar-refractivity contribution is 5.97. The summed E-state index contributed by atoms with van der Waals surface area (Å²) in [4.78, 5) is 27.9. The monoisotopic (exact) mass is 238 g/mol. The molecule has 0 saturated carbocycles. The van der Waals surface area contributed by atoms with Crippen LogP contribution in [0.3, 0.4) is 0 Å². The van der Waals surface area contributed by atoms with Crippen molar-refractivity contribution in [3.8, 4) is 0 Å². The van der Waals surface area contributed by atoms with Gasteiger partial charge in [0.1, 0.15) is 5.92 Å². The Morgan fingerprint density at radius 1 is 1.53 bits per heavy atom. The fraction of sp³-hybridized carbons (Fsp3) is 0.500. The molecule has 1 unspecified atom stereocenters. The number of carbonyl (C=O) groups is 2. The summed E-state index contributed by atoms with van der Waals surface area (Å²) in [5, 5.41) is 0. The number of amides is 1. The van der Waals surface area contributed by atoms with E-state index in [9.17, 15) is 9.59 Å². The van der Waals surface area contributed by atoms with Crippen LogP contribution in [0.4, 0.5) is 0 Å². The number of hydrogen-bond donors (Lipinski definition) is 1. The Bertz CT molecular complexity index is 373. The molecular weight excluding hydrogens is 220 g/mol. The van der Waals surface area contributed by atoms with Gasteiger partial charge in [0.15, 0.2) is 0 Å². The number of esters is 1. The number of ether oxygens (including phenoxy) is 1. The molecule has 94 valence electrons. The molecule has 0 fully saturated rings. The smallest absolute Gasteiger partial charge is 0.318 e. The summed E-state index contributed by atoms with van der Waals surface area (Å²) in [6.07, 6.45) is 4.07. The molecule has 1 amide bonds. The molecule has 0 saturated heterocycles. The Balaban J connectivity index is 2.64. The Hall–Kier alpha value is -1.78. The van der Waals surface area contributed by atoms with E-state index in [-0.39, 0.29) is 5.91 Å². The highest BCUT2D eigenvalue weighted by Gasteiger charge is 2.28. The average molecular weight is 238 g/mol. The van der Waals surface area contributed by atoms with E-state index in [1.807, 2.05) is 12.3 Å². The van der Waals surface area contributed by atoms with Crippen molar-refractivity contribution in [3.05, 3.63) is 24.0 Å². The molecule has 0 aliphatic heterocycles. The molecular formula is C12H18N2O3. The number of methoxy groups -OCH3 is 1. The normalized spacial score (nSPS) is 11.9. The minimum Gasteiger partial charge on any atom is -0.468 e. The SMILES string of the molecule is CCC(C(=O)OC)C(=O)N(C)Cc1cc[nH]c1. The summed E-state index contributed by atoms with van der Waals surface area (Å²) in [6, 6.07) is 1.89. The number of H-pyrrole nitrogens is 1. The van der Waals surface area contributed by atoms with Crippen LogP contribution in [0.15, 0.2) is 18.5 Å². The molecule has 0 aliphatic rings. The molecule has 1 aromatic rings. The maximum atomic E-state index is 12.0. The summed E-state index contributed by atoms with van der Waals surface area (Å²) in [5.41, 5.74) is 1.00. The Morgan fingerprint density at radius 3 is 2.71 bits per heavy atom. The van der Waals surface area contributed by atoms with Crippen molar-refractivity contribution in [1.29, 1.82) is 0 Å². The molecule has 0 aliphatic carbocycles. The van der Waals surface area contributed by atoms with E-state index in [2.05, 4.69) is 9.72 Å². The molecule has 0 radical (unpaired) electrons. The molecule has 0 aromatic carbocycles. The van der Waals surface area contributed by atoms with Gasteiger partial charge in [-0.1, -0.05) is 6.92 Å². The van der Waals surface area contributed by atoms with E-state index in [4.69, 9.17) is 0 Å². The van der Waals surface area contributed by atoms with Crippen LogP contribution in [0.25, 0.3) is 0 Å². The molecule has 1 atom stereocenters. The minimum absolute atomic E-state index is 0.208. The second-order valence-electron chi connectivity index (χ2n) is 3.90. The van der Waals surface area contributed by atoms with Crippen molar-refractivity contribution >= 4 is 11.9 Å². The fourth-order valence-corrected chi connectivity index (χ4v) is 1.66. The van der Waals surface area contributed by atoms with Crippen LogP contribution in [-0.4, -0.2) is 35.9 Å². The predicted molar refractivity (Wildman–Crippen MR) is 63.1 cm³/mol. The van der Waals surface area contributed by atoms with Gasteiger partial charge >= 0.3 is 5.97 Å². The van der Waals surface area contributed by atoms with E-state index < -0.39 is 11.9 Å². The van der Waals surface area contributed by atoms with E-state index in [1.54, 1.807) is 20.2 Å². The lowest BCUT2D eigenvalue weighted by Gasteiger charge is -2.21. The lowest BCUT2D eigenvalue weighted by Crippen LogP contribution is -2.36. The van der Waals surface area contributed by atoms with Gasteiger partial charge in [0.05, 0.1) is 7.11 Å². The van der Waals surface area contributed by atoms with Crippen molar-refractivity contribution < 1.29 is 14.3 Å². The Kier molecular flexibility index (Phi) is 4.75. The van der Waals surface area contributed by atoms with Crippen molar-refractivity contribution in [2.75, 3.05) is 14.2 Å². The van der Waals surface area contributed by atoms with Gasteiger partial charge in [-0.15, -0.1) is 0 Å². The van der Waals surface area contributed by atoms with Gasteiger partial charge in [0.25, 0.3) is 0 Å². The van der Waals surface area contributed by atoms with Crippen LogP contribution in [0.1, 0.15) is 18.9 Å². The molecule has 0 spiro atoms. The Morgan fingerprint density at radius 2 is 2.24 bits per heavy atom. The maximum Gasteiger partial charge on any atom is 0.318 e. The van der Waals surface area contributed by atoms with Crippen LogP contribution in [0, 0.1) is 5.92 Å².